The third-order valence-electron chi connectivity index (χ3n) is 5.37. The molecule has 2 fully saturated rings. The lowest BCUT2D eigenvalue weighted by Crippen LogP contribution is -2.61. The zero-order chi connectivity index (χ0) is 14.0. The summed E-state index contributed by atoms with van der Waals surface area (Å²) in [5.41, 5.74) is 0.521. The average Bonchev–Trinajstić information content (AvgIpc) is 2.68. The largest absolute Gasteiger partial charge is 0.311 e. The van der Waals surface area contributed by atoms with Gasteiger partial charge in [0.25, 0.3) is 0 Å². The van der Waals surface area contributed by atoms with E-state index in [2.05, 4.69) is 44.8 Å². The SMILES string of the molecule is CCC1CNC(CC(C)C)CN1C1CCCC1(C)C. The van der Waals surface area contributed by atoms with E-state index >= 15 is 0 Å². The van der Waals surface area contributed by atoms with Gasteiger partial charge in [0.05, 0.1) is 0 Å². The van der Waals surface area contributed by atoms with E-state index < -0.39 is 0 Å². The number of rotatable bonds is 4. The van der Waals surface area contributed by atoms with E-state index in [4.69, 9.17) is 0 Å². The van der Waals surface area contributed by atoms with Gasteiger partial charge in [0.2, 0.25) is 0 Å². The van der Waals surface area contributed by atoms with Crippen molar-refractivity contribution in [2.24, 2.45) is 11.3 Å². The number of piperazine rings is 1. The maximum absolute atomic E-state index is 3.79. The van der Waals surface area contributed by atoms with E-state index in [1.807, 2.05) is 0 Å². The second kappa shape index (κ2) is 6.13. The highest BCUT2D eigenvalue weighted by Crippen LogP contribution is 2.42. The van der Waals surface area contributed by atoms with E-state index in [0.717, 1.165) is 18.0 Å². The number of hydrogen-bond acceptors (Lipinski definition) is 2. The fourth-order valence-corrected chi connectivity index (χ4v) is 4.30. The van der Waals surface area contributed by atoms with Crippen molar-refractivity contribution in [3.05, 3.63) is 0 Å². The molecule has 2 aliphatic rings. The van der Waals surface area contributed by atoms with Gasteiger partial charge in [-0.2, -0.15) is 0 Å². The van der Waals surface area contributed by atoms with Crippen molar-refractivity contribution in [2.75, 3.05) is 13.1 Å². The van der Waals surface area contributed by atoms with Crippen LogP contribution in [0.4, 0.5) is 0 Å². The molecule has 1 N–H and O–H groups in total. The van der Waals surface area contributed by atoms with Crippen molar-refractivity contribution in [3.63, 3.8) is 0 Å². The summed E-state index contributed by atoms with van der Waals surface area (Å²) in [6.45, 7) is 14.5. The minimum Gasteiger partial charge on any atom is -0.311 e. The first kappa shape index (κ1) is 15.3. The van der Waals surface area contributed by atoms with E-state index in [0.29, 0.717) is 11.5 Å². The highest BCUT2D eigenvalue weighted by molar-refractivity contribution is 4.98. The van der Waals surface area contributed by atoms with Crippen molar-refractivity contribution >= 4 is 0 Å². The van der Waals surface area contributed by atoms with Crippen LogP contribution in [0.25, 0.3) is 0 Å². The van der Waals surface area contributed by atoms with Gasteiger partial charge >= 0.3 is 0 Å². The van der Waals surface area contributed by atoms with E-state index in [1.54, 1.807) is 0 Å². The lowest BCUT2D eigenvalue weighted by Gasteiger charge is -2.48. The minimum absolute atomic E-state index is 0.521. The minimum atomic E-state index is 0.521. The zero-order valence-electron chi connectivity index (χ0n) is 13.7. The lowest BCUT2D eigenvalue weighted by atomic mass is 9.84. The van der Waals surface area contributed by atoms with Crippen molar-refractivity contribution in [3.8, 4) is 0 Å². The summed E-state index contributed by atoms with van der Waals surface area (Å²) in [5, 5.41) is 3.79. The first-order valence-corrected chi connectivity index (χ1v) is 8.43. The quantitative estimate of drug-likeness (QED) is 0.835. The summed E-state index contributed by atoms with van der Waals surface area (Å²) in [6.07, 6.45) is 6.85. The summed E-state index contributed by atoms with van der Waals surface area (Å²) in [5.74, 6) is 0.800. The fraction of sp³-hybridized carbons (Fsp3) is 1.00. The monoisotopic (exact) mass is 266 g/mol. The lowest BCUT2D eigenvalue weighted by molar-refractivity contribution is 0.0301. The molecule has 1 heterocycles. The Bertz CT molecular complexity index is 285. The fourth-order valence-electron chi connectivity index (χ4n) is 4.30. The molecule has 0 aromatic rings. The Morgan fingerprint density at radius 1 is 1.32 bits per heavy atom. The average molecular weight is 266 g/mol. The molecule has 112 valence electrons. The molecular weight excluding hydrogens is 232 g/mol. The second-order valence-electron chi connectivity index (χ2n) is 7.89. The molecule has 3 atom stereocenters. The van der Waals surface area contributed by atoms with E-state index in [9.17, 15) is 0 Å². The Hall–Kier alpha value is -0.0800. The maximum Gasteiger partial charge on any atom is 0.0221 e. The normalized spacial score (nSPS) is 36.0. The van der Waals surface area contributed by atoms with Crippen LogP contribution < -0.4 is 5.32 Å². The van der Waals surface area contributed by atoms with Gasteiger partial charge in [0, 0.05) is 31.2 Å². The summed E-state index contributed by atoms with van der Waals surface area (Å²) in [4.78, 5) is 2.87. The van der Waals surface area contributed by atoms with E-state index in [1.165, 1.54) is 45.2 Å². The first-order chi connectivity index (χ1) is 8.94. The molecule has 1 aliphatic carbocycles. The Morgan fingerprint density at radius 2 is 2.05 bits per heavy atom. The molecule has 0 radical (unpaired) electrons. The molecule has 2 heteroatoms. The number of hydrogen-bond donors (Lipinski definition) is 1. The van der Waals surface area contributed by atoms with Crippen LogP contribution in [0, 0.1) is 11.3 Å². The number of nitrogens with one attached hydrogen (secondary N) is 1. The Kier molecular flexibility index (Phi) is 4.94. The van der Waals surface area contributed by atoms with Crippen LogP contribution in [0.3, 0.4) is 0 Å². The van der Waals surface area contributed by atoms with Crippen LogP contribution in [-0.2, 0) is 0 Å². The van der Waals surface area contributed by atoms with Crippen LogP contribution in [0.1, 0.15) is 66.7 Å². The van der Waals surface area contributed by atoms with Gasteiger partial charge in [-0.15, -0.1) is 0 Å². The Labute approximate surface area is 120 Å². The van der Waals surface area contributed by atoms with Crippen molar-refractivity contribution in [1.29, 1.82) is 0 Å². The first-order valence-electron chi connectivity index (χ1n) is 8.43. The highest BCUT2D eigenvalue weighted by atomic mass is 15.3. The smallest absolute Gasteiger partial charge is 0.0221 e. The van der Waals surface area contributed by atoms with Gasteiger partial charge in [0.15, 0.2) is 0 Å². The predicted octanol–water partition coefficient (Wildman–Crippen LogP) is 3.66. The molecule has 0 spiro atoms. The van der Waals surface area contributed by atoms with Crippen molar-refractivity contribution in [2.45, 2.75) is 84.8 Å². The molecule has 2 nitrogen and oxygen atoms in total. The van der Waals surface area contributed by atoms with Gasteiger partial charge < -0.3 is 5.32 Å². The molecule has 0 bridgehead atoms. The Morgan fingerprint density at radius 3 is 2.58 bits per heavy atom. The number of nitrogens with zero attached hydrogens (tertiary/aromatic N) is 1. The summed E-state index contributed by atoms with van der Waals surface area (Å²) in [6, 6.07) is 2.28. The summed E-state index contributed by atoms with van der Waals surface area (Å²) >= 11 is 0. The molecule has 0 aromatic heterocycles. The summed E-state index contributed by atoms with van der Waals surface area (Å²) < 4.78 is 0. The molecule has 2 rings (SSSR count). The molecule has 19 heavy (non-hydrogen) atoms. The third kappa shape index (κ3) is 3.52. The van der Waals surface area contributed by atoms with Crippen LogP contribution in [-0.4, -0.2) is 36.1 Å². The van der Waals surface area contributed by atoms with E-state index in [-0.39, 0.29) is 0 Å². The van der Waals surface area contributed by atoms with Crippen LogP contribution >= 0.6 is 0 Å². The molecule has 0 aromatic carbocycles. The Balaban J connectivity index is 2.05. The third-order valence-corrected chi connectivity index (χ3v) is 5.37. The molecule has 0 amide bonds. The summed E-state index contributed by atoms with van der Waals surface area (Å²) in [7, 11) is 0. The molecule has 3 unspecified atom stereocenters. The molecule has 1 saturated heterocycles. The molecular formula is C17H34N2. The predicted molar refractivity (Wildman–Crippen MR) is 83.5 cm³/mol. The van der Waals surface area contributed by atoms with Crippen LogP contribution in [0.2, 0.25) is 0 Å². The van der Waals surface area contributed by atoms with Crippen molar-refractivity contribution in [1.82, 2.24) is 10.2 Å². The van der Waals surface area contributed by atoms with Gasteiger partial charge in [0.1, 0.15) is 0 Å². The van der Waals surface area contributed by atoms with Gasteiger partial charge in [-0.25, -0.2) is 0 Å². The maximum atomic E-state index is 3.79. The highest BCUT2D eigenvalue weighted by Gasteiger charge is 2.42. The second-order valence-corrected chi connectivity index (χ2v) is 7.89. The topological polar surface area (TPSA) is 15.3 Å². The molecule has 1 aliphatic heterocycles. The zero-order valence-corrected chi connectivity index (χ0v) is 13.7. The van der Waals surface area contributed by atoms with Crippen LogP contribution in [0.15, 0.2) is 0 Å². The molecule has 1 saturated carbocycles. The van der Waals surface area contributed by atoms with Gasteiger partial charge in [-0.1, -0.05) is 41.0 Å². The van der Waals surface area contributed by atoms with Crippen LogP contribution in [0.5, 0.6) is 0 Å². The van der Waals surface area contributed by atoms with Gasteiger partial charge in [-0.3, -0.25) is 4.90 Å². The standard InChI is InChI=1S/C17H34N2/c1-6-15-11-18-14(10-13(2)3)12-19(15)16-8-7-9-17(16,4)5/h13-16,18H,6-12H2,1-5H3. The van der Waals surface area contributed by atoms with Crippen molar-refractivity contribution < 1.29 is 0 Å². The van der Waals surface area contributed by atoms with Gasteiger partial charge in [-0.05, 0) is 37.0 Å².